The maximum atomic E-state index is 12.5. The number of carbonyl (C=O) groups is 1. The number of fused-ring (bicyclic) bond motifs is 1. The molecule has 0 unspecified atom stereocenters. The van der Waals surface area contributed by atoms with Gasteiger partial charge in [-0.1, -0.05) is 0 Å². The van der Waals surface area contributed by atoms with E-state index in [0.29, 0.717) is 24.4 Å². The summed E-state index contributed by atoms with van der Waals surface area (Å²) in [5.74, 6) is 1.05. The molecule has 3 heterocycles. The quantitative estimate of drug-likeness (QED) is 0.788. The number of nitrogens with zero attached hydrogens (tertiary/aromatic N) is 2. The van der Waals surface area contributed by atoms with Gasteiger partial charge in [0.25, 0.3) is 5.91 Å². The second-order valence-corrected chi connectivity index (χ2v) is 5.98. The van der Waals surface area contributed by atoms with E-state index in [2.05, 4.69) is 15.2 Å². The predicted molar refractivity (Wildman–Crippen MR) is 88.5 cm³/mol. The molecule has 1 amide bonds. The molecule has 4 rings (SSSR count). The lowest BCUT2D eigenvalue weighted by Crippen LogP contribution is -2.57. The van der Waals surface area contributed by atoms with Crippen molar-refractivity contribution < 1.29 is 9.53 Å². The van der Waals surface area contributed by atoms with Crippen molar-refractivity contribution in [3.05, 3.63) is 42.6 Å². The Bertz CT molecular complexity index is 737. The Hall–Kier alpha value is -2.76. The van der Waals surface area contributed by atoms with Crippen LogP contribution in [0.15, 0.2) is 42.6 Å². The zero-order valence-electron chi connectivity index (χ0n) is 12.7. The van der Waals surface area contributed by atoms with Crippen LogP contribution in [0.25, 0.3) is 0 Å². The smallest absolute Gasteiger partial charge is 0.269 e. The highest BCUT2D eigenvalue weighted by Crippen LogP contribution is 2.38. The number of aromatic nitrogens is 1. The highest BCUT2D eigenvalue weighted by molar-refractivity contribution is 6.00. The SMILES string of the molecule is Nc1ccc(N2CCC3(CC2)Oc2cccnc2NC3=O)cc1. The fraction of sp³-hybridized carbons (Fsp3) is 0.294. The highest BCUT2D eigenvalue weighted by atomic mass is 16.5. The Balaban J connectivity index is 1.52. The highest BCUT2D eigenvalue weighted by Gasteiger charge is 2.47. The summed E-state index contributed by atoms with van der Waals surface area (Å²) < 4.78 is 6.05. The number of pyridine rings is 1. The monoisotopic (exact) mass is 310 g/mol. The average molecular weight is 310 g/mol. The van der Waals surface area contributed by atoms with Gasteiger partial charge in [-0.15, -0.1) is 0 Å². The molecule has 1 aromatic heterocycles. The van der Waals surface area contributed by atoms with E-state index in [1.54, 1.807) is 6.20 Å². The van der Waals surface area contributed by atoms with Crippen LogP contribution in [-0.2, 0) is 4.79 Å². The van der Waals surface area contributed by atoms with E-state index in [1.807, 2.05) is 36.4 Å². The number of carbonyl (C=O) groups excluding carboxylic acids is 1. The van der Waals surface area contributed by atoms with Crippen LogP contribution in [0.3, 0.4) is 0 Å². The van der Waals surface area contributed by atoms with E-state index in [9.17, 15) is 4.79 Å². The first-order chi connectivity index (χ1) is 11.2. The summed E-state index contributed by atoms with van der Waals surface area (Å²) in [4.78, 5) is 18.9. The van der Waals surface area contributed by atoms with Crippen LogP contribution in [0.4, 0.5) is 17.2 Å². The first-order valence-corrected chi connectivity index (χ1v) is 7.72. The second-order valence-electron chi connectivity index (χ2n) is 5.98. The van der Waals surface area contributed by atoms with Gasteiger partial charge in [-0.25, -0.2) is 4.98 Å². The van der Waals surface area contributed by atoms with Crippen molar-refractivity contribution in [2.24, 2.45) is 0 Å². The van der Waals surface area contributed by atoms with Gasteiger partial charge in [-0.3, -0.25) is 4.79 Å². The molecule has 23 heavy (non-hydrogen) atoms. The van der Waals surface area contributed by atoms with Gasteiger partial charge in [0.1, 0.15) is 0 Å². The number of benzene rings is 1. The van der Waals surface area contributed by atoms with Gasteiger partial charge in [0, 0.05) is 43.5 Å². The number of anilines is 3. The fourth-order valence-corrected chi connectivity index (χ4v) is 3.19. The first kappa shape index (κ1) is 13.9. The minimum Gasteiger partial charge on any atom is -0.473 e. The third-order valence-corrected chi connectivity index (χ3v) is 4.55. The number of ether oxygens (including phenoxy) is 1. The Morgan fingerprint density at radius 1 is 1.17 bits per heavy atom. The number of hydrogen-bond donors (Lipinski definition) is 2. The molecule has 1 aromatic carbocycles. The van der Waals surface area contributed by atoms with Gasteiger partial charge in [0.05, 0.1) is 0 Å². The van der Waals surface area contributed by atoms with E-state index in [0.717, 1.165) is 24.5 Å². The van der Waals surface area contributed by atoms with Gasteiger partial charge in [-0.2, -0.15) is 0 Å². The summed E-state index contributed by atoms with van der Waals surface area (Å²) in [7, 11) is 0. The van der Waals surface area contributed by atoms with Crippen molar-refractivity contribution in [3.8, 4) is 5.75 Å². The van der Waals surface area contributed by atoms with E-state index in [4.69, 9.17) is 10.5 Å². The second kappa shape index (κ2) is 5.15. The third-order valence-electron chi connectivity index (χ3n) is 4.55. The van der Waals surface area contributed by atoms with Crippen LogP contribution >= 0.6 is 0 Å². The number of hydrogen-bond acceptors (Lipinski definition) is 5. The molecular formula is C17H18N4O2. The number of amides is 1. The van der Waals surface area contributed by atoms with Gasteiger partial charge >= 0.3 is 0 Å². The van der Waals surface area contributed by atoms with Crippen molar-refractivity contribution in [1.82, 2.24) is 4.98 Å². The predicted octanol–water partition coefficient (Wildman–Crippen LogP) is 2.03. The van der Waals surface area contributed by atoms with Gasteiger partial charge in [0.2, 0.25) is 0 Å². The van der Waals surface area contributed by atoms with Gasteiger partial charge in [0.15, 0.2) is 17.2 Å². The largest absolute Gasteiger partial charge is 0.473 e. The maximum Gasteiger partial charge on any atom is 0.269 e. The summed E-state index contributed by atoms with van der Waals surface area (Å²) in [6.07, 6.45) is 2.92. The van der Waals surface area contributed by atoms with Crippen LogP contribution in [0.2, 0.25) is 0 Å². The van der Waals surface area contributed by atoms with Crippen LogP contribution in [0, 0.1) is 0 Å². The minimum absolute atomic E-state index is 0.0966. The number of nitrogen functional groups attached to an aromatic ring is 1. The number of piperidine rings is 1. The van der Waals surface area contributed by atoms with Crippen molar-refractivity contribution >= 4 is 23.1 Å². The number of nitrogens with two attached hydrogens (primary N) is 1. The Morgan fingerprint density at radius 2 is 1.91 bits per heavy atom. The molecule has 118 valence electrons. The molecule has 0 radical (unpaired) electrons. The zero-order chi connectivity index (χ0) is 15.9. The molecule has 0 atom stereocenters. The Labute approximate surface area is 134 Å². The summed E-state index contributed by atoms with van der Waals surface area (Å²) in [6, 6.07) is 11.5. The average Bonchev–Trinajstić information content (AvgIpc) is 2.58. The lowest BCUT2D eigenvalue weighted by Gasteiger charge is -2.43. The van der Waals surface area contributed by atoms with E-state index in [-0.39, 0.29) is 5.91 Å². The molecule has 6 nitrogen and oxygen atoms in total. The standard InChI is InChI=1S/C17H18N4O2/c18-12-3-5-13(6-4-12)21-10-7-17(8-11-21)16(22)20-15-14(23-17)2-1-9-19-15/h1-6,9H,7-8,10-11,18H2,(H,19,20,22). The van der Waals surface area contributed by atoms with Crippen molar-refractivity contribution in [2.45, 2.75) is 18.4 Å². The first-order valence-electron chi connectivity index (χ1n) is 7.72. The molecular weight excluding hydrogens is 292 g/mol. The normalized spacial score (nSPS) is 19.0. The van der Waals surface area contributed by atoms with Gasteiger partial charge < -0.3 is 20.7 Å². The molecule has 2 aromatic rings. The van der Waals surface area contributed by atoms with E-state index in [1.165, 1.54) is 0 Å². The van der Waals surface area contributed by atoms with Crippen molar-refractivity contribution in [2.75, 3.05) is 29.0 Å². The lowest BCUT2D eigenvalue weighted by molar-refractivity contribution is -0.134. The molecule has 3 N–H and O–H groups in total. The topological polar surface area (TPSA) is 80.5 Å². The lowest BCUT2D eigenvalue weighted by atomic mass is 9.88. The molecule has 0 bridgehead atoms. The minimum atomic E-state index is -0.791. The summed E-state index contributed by atoms with van der Waals surface area (Å²) in [6.45, 7) is 1.51. The van der Waals surface area contributed by atoms with Crippen molar-refractivity contribution in [1.29, 1.82) is 0 Å². The fourth-order valence-electron chi connectivity index (χ4n) is 3.19. The molecule has 0 aliphatic carbocycles. The van der Waals surface area contributed by atoms with Crippen LogP contribution in [0.1, 0.15) is 12.8 Å². The van der Waals surface area contributed by atoms with E-state index >= 15 is 0 Å². The van der Waals surface area contributed by atoms with Crippen LogP contribution in [-0.4, -0.2) is 29.6 Å². The third kappa shape index (κ3) is 2.36. The summed E-state index contributed by atoms with van der Waals surface area (Å²) in [5.41, 5.74) is 6.81. The van der Waals surface area contributed by atoms with E-state index < -0.39 is 5.60 Å². The molecule has 1 saturated heterocycles. The summed E-state index contributed by atoms with van der Waals surface area (Å²) in [5, 5.41) is 2.87. The van der Waals surface area contributed by atoms with Crippen LogP contribution < -0.4 is 20.7 Å². The Kier molecular flexibility index (Phi) is 3.11. The molecule has 0 saturated carbocycles. The van der Waals surface area contributed by atoms with Gasteiger partial charge in [-0.05, 0) is 36.4 Å². The zero-order valence-corrected chi connectivity index (χ0v) is 12.7. The molecule has 6 heteroatoms. The molecule has 1 fully saturated rings. The molecule has 1 spiro atoms. The number of rotatable bonds is 1. The Morgan fingerprint density at radius 3 is 2.65 bits per heavy atom. The summed E-state index contributed by atoms with van der Waals surface area (Å²) >= 11 is 0. The maximum absolute atomic E-state index is 12.5. The molecule has 2 aliphatic heterocycles. The van der Waals surface area contributed by atoms with Crippen molar-refractivity contribution in [3.63, 3.8) is 0 Å². The number of nitrogens with one attached hydrogen (secondary N) is 1. The molecule has 2 aliphatic rings. The van der Waals surface area contributed by atoms with Crippen LogP contribution in [0.5, 0.6) is 5.75 Å².